The van der Waals surface area contributed by atoms with E-state index in [4.69, 9.17) is 0 Å². The quantitative estimate of drug-likeness (QED) is 0.889. The molecule has 2 heterocycles. The van der Waals surface area contributed by atoms with Gasteiger partial charge in [-0.15, -0.1) is 0 Å². The first-order valence-corrected chi connectivity index (χ1v) is 8.23. The molecule has 1 saturated heterocycles. The molecule has 1 aliphatic rings. The van der Waals surface area contributed by atoms with Crippen LogP contribution < -0.4 is 0 Å². The second-order valence-corrected chi connectivity index (χ2v) is 6.32. The fraction of sp³-hybridized carbons (Fsp3) is 0.500. The molecule has 1 aliphatic heterocycles. The molecule has 0 unspecified atom stereocenters. The van der Waals surface area contributed by atoms with Crippen molar-refractivity contribution < 1.29 is 5.11 Å². The van der Waals surface area contributed by atoms with Crippen LogP contribution in [0.5, 0.6) is 5.75 Å². The molecule has 2 aromatic rings. The first-order chi connectivity index (χ1) is 10.7. The van der Waals surface area contributed by atoms with Gasteiger partial charge in [-0.3, -0.25) is 4.90 Å². The molecule has 1 aromatic heterocycles. The molecule has 0 aliphatic carbocycles. The van der Waals surface area contributed by atoms with Gasteiger partial charge in [0.25, 0.3) is 0 Å². The summed E-state index contributed by atoms with van der Waals surface area (Å²) in [4.78, 5) is 10.2. The summed E-state index contributed by atoms with van der Waals surface area (Å²) >= 11 is 0. The highest BCUT2D eigenvalue weighted by Crippen LogP contribution is 2.23. The van der Waals surface area contributed by atoms with Crippen LogP contribution in [0, 0.1) is 6.92 Å². The second-order valence-electron chi connectivity index (χ2n) is 6.32. The summed E-state index contributed by atoms with van der Waals surface area (Å²) in [5, 5.41) is 9.36. The maximum atomic E-state index is 9.36. The number of aromatic nitrogens is 2. The van der Waals surface area contributed by atoms with Gasteiger partial charge >= 0.3 is 0 Å². The molecule has 0 spiro atoms. The zero-order valence-corrected chi connectivity index (χ0v) is 13.3. The summed E-state index contributed by atoms with van der Waals surface area (Å²) in [6, 6.07) is 8.26. The monoisotopic (exact) mass is 299 g/mol. The Labute approximate surface area is 132 Å². The number of benzene rings is 1. The fourth-order valence-corrected chi connectivity index (χ4v) is 3.36. The number of likely N-dealkylation sites (tertiary alicyclic amines) is 1. The zero-order valence-electron chi connectivity index (χ0n) is 13.3. The van der Waals surface area contributed by atoms with Gasteiger partial charge in [0.2, 0.25) is 0 Å². The minimum atomic E-state index is 0.345. The summed E-state index contributed by atoms with van der Waals surface area (Å²) < 4.78 is 0. The lowest BCUT2D eigenvalue weighted by Crippen LogP contribution is -2.39. The highest BCUT2D eigenvalue weighted by atomic mass is 16.3. The third-order valence-corrected chi connectivity index (χ3v) is 4.58. The molecule has 2 N–H and O–H groups in total. The normalized spacial score (nSPS) is 19.4. The number of piperidine rings is 1. The number of imidazole rings is 1. The third kappa shape index (κ3) is 3.89. The number of phenols is 1. The van der Waals surface area contributed by atoms with Gasteiger partial charge in [0.15, 0.2) is 0 Å². The topological polar surface area (TPSA) is 52.1 Å². The van der Waals surface area contributed by atoms with E-state index >= 15 is 0 Å². The Morgan fingerprint density at radius 1 is 1.27 bits per heavy atom. The molecular formula is C18H25N3O. The standard InChI is InChI=1S/C18H25N3O/c1-14-19-12-16(20-14)13-21-11-3-2-4-17(21)8-5-15-6-9-18(22)10-7-15/h6-7,9-10,12,17,22H,2-5,8,11,13H2,1H3,(H,19,20)/t17-/m0/s1. The van der Waals surface area contributed by atoms with Crippen molar-refractivity contribution in [1.29, 1.82) is 0 Å². The van der Waals surface area contributed by atoms with Crippen LogP contribution in [-0.2, 0) is 13.0 Å². The number of aryl methyl sites for hydroxylation is 2. The summed E-state index contributed by atoms with van der Waals surface area (Å²) in [6.07, 6.45) is 8.12. The molecule has 1 atom stereocenters. The highest BCUT2D eigenvalue weighted by Gasteiger charge is 2.22. The molecule has 118 valence electrons. The highest BCUT2D eigenvalue weighted by molar-refractivity contribution is 5.26. The maximum absolute atomic E-state index is 9.36. The molecule has 4 heteroatoms. The maximum Gasteiger partial charge on any atom is 0.115 e. The minimum Gasteiger partial charge on any atom is -0.508 e. The largest absolute Gasteiger partial charge is 0.508 e. The van der Waals surface area contributed by atoms with Gasteiger partial charge in [-0.05, 0) is 56.8 Å². The van der Waals surface area contributed by atoms with Crippen LogP contribution in [0.15, 0.2) is 30.5 Å². The predicted octanol–water partition coefficient (Wildman–Crippen LogP) is 3.41. The minimum absolute atomic E-state index is 0.345. The van der Waals surface area contributed by atoms with Gasteiger partial charge in [0.05, 0.1) is 0 Å². The summed E-state index contributed by atoms with van der Waals surface area (Å²) in [5.41, 5.74) is 2.52. The van der Waals surface area contributed by atoms with Crippen molar-refractivity contribution in [2.75, 3.05) is 6.54 Å². The Hall–Kier alpha value is -1.81. The number of rotatable bonds is 5. The van der Waals surface area contributed by atoms with Crippen molar-refractivity contribution in [3.05, 3.63) is 47.5 Å². The van der Waals surface area contributed by atoms with E-state index in [1.165, 1.54) is 43.5 Å². The Morgan fingerprint density at radius 3 is 2.82 bits per heavy atom. The number of nitrogens with one attached hydrogen (secondary N) is 1. The number of hydrogen-bond acceptors (Lipinski definition) is 3. The van der Waals surface area contributed by atoms with E-state index in [-0.39, 0.29) is 0 Å². The van der Waals surface area contributed by atoms with Crippen molar-refractivity contribution in [2.24, 2.45) is 0 Å². The van der Waals surface area contributed by atoms with Gasteiger partial charge in [0.1, 0.15) is 11.6 Å². The van der Waals surface area contributed by atoms with Gasteiger partial charge in [0, 0.05) is 24.5 Å². The molecule has 4 nitrogen and oxygen atoms in total. The zero-order chi connectivity index (χ0) is 15.4. The molecule has 0 bridgehead atoms. The van der Waals surface area contributed by atoms with Crippen molar-refractivity contribution >= 4 is 0 Å². The van der Waals surface area contributed by atoms with Crippen LogP contribution in [0.25, 0.3) is 0 Å². The summed E-state index contributed by atoms with van der Waals surface area (Å²) in [5.74, 6) is 1.34. The molecular weight excluding hydrogens is 274 g/mol. The number of nitrogens with zero attached hydrogens (tertiary/aromatic N) is 2. The van der Waals surface area contributed by atoms with Crippen LogP contribution in [-0.4, -0.2) is 32.6 Å². The predicted molar refractivity (Wildman–Crippen MR) is 87.8 cm³/mol. The molecule has 3 rings (SSSR count). The van der Waals surface area contributed by atoms with E-state index in [2.05, 4.69) is 14.9 Å². The number of phenolic OH excluding ortho intramolecular Hbond substituents is 1. The number of H-pyrrole nitrogens is 1. The van der Waals surface area contributed by atoms with E-state index in [1.54, 1.807) is 12.1 Å². The number of aromatic hydroxyl groups is 1. The first-order valence-electron chi connectivity index (χ1n) is 8.23. The van der Waals surface area contributed by atoms with Crippen LogP contribution in [0.3, 0.4) is 0 Å². The van der Waals surface area contributed by atoms with Gasteiger partial charge in [-0.25, -0.2) is 4.98 Å². The Kier molecular flexibility index (Phi) is 4.78. The lowest BCUT2D eigenvalue weighted by molar-refractivity contribution is 0.131. The van der Waals surface area contributed by atoms with Gasteiger partial charge < -0.3 is 10.1 Å². The van der Waals surface area contributed by atoms with Gasteiger partial charge in [-0.2, -0.15) is 0 Å². The van der Waals surface area contributed by atoms with Gasteiger partial charge in [-0.1, -0.05) is 18.6 Å². The molecule has 0 amide bonds. The average Bonchev–Trinajstić information content (AvgIpc) is 2.93. The number of hydrogen-bond donors (Lipinski definition) is 2. The van der Waals surface area contributed by atoms with Crippen LogP contribution in [0.1, 0.15) is 42.8 Å². The fourth-order valence-electron chi connectivity index (χ4n) is 3.36. The lowest BCUT2D eigenvalue weighted by Gasteiger charge is -2.35. The summed E-state index contributed by atoms with van der Waals surface area (Å²) in [6.45, 7) is 4.15. The van der Waals surface area contributed by atoms with Crippen molar-refractivity contribution in [2.45, 2.75) is 51.6 Å². The van der Waals surface area contributed by atoms with Crippen LogP contribution in [0.2, 0.25) is 0 Å². The molecule has 1 aromatic carbocycles. The van der Waals surface area contributed by atoms with Crippen LogP contribution >= 0.6 is 0 Å². The van der Waals surface area contributed by atoms with Crippen molar-refractivity contribution in [1.82, 2.24) is 14.9 Å². The Morgan fingerprint density at radius 2 is 2.09 bits per heavy atom. The van der Waals surface area contributed by atoms with E-state index in [0.29, 0.717) is 11.8 Å². The van der Waals surface area contributed by atoms with E-state index in [9.17, 15) is 5.11 Å². The van der Waals surface area contributed by atoms with Crippen LogP contribution in [0.4, 0.5) is 0 Å². The molecule has 1 fully saturated rings. The molecule has 22 heavy (non-hydrogen) atoms. The number of aromatic amines is 1. The summed E-state index contributed by atoms with van der Waals surface area (Å²) in [7, 11) is 0. The smallest absolute Gasteiger partial charge is 0.115 e. The molecule has 0 saturated carbocycles. The Balaban J connectivity index is 1.58. The molecule has 0 radical (unpaired) electrons. The lowest BCUT2D eigenvalue weighted by atomic mass is 9.95. The van der Waals surface area contributed by atoms with E-state index < -0.39 is 0 Å². The van der Waals surface area contributed by atoms with Crippen molar-refractivity contribution in [3.63, 3.8) is 0 Å². The first kappa shape index (κ1) is 15.1. The average molecular weight is 299 g/mol. The van der Waals surface area contributed by atoms with E-state index in [0.717, 1.165) is 18.8 Å². The van der Waals surface area contributed by atoms with E-state index in [1.807, 2.05) is 25.3 Å². The third-order valence-electron chi connectivity index (χ3n) is 4.58. The van der Waals surface area contributed by atoms with Crippen molar-refractivity contribution in [3.8, 4) is 5.75 Å². The Bertz CT molecular complexity index is 591. The SMILES string of the molecule is Cc1ncc(CN2CCCC[C@H]2CCc2ccc(O)cc2)[nH]1. The second kappa shape index (κ2) is 6.97.